The normalized spacial score (nSPS) is 30.2. The Morgan fingerprint density at radius 3 is 2.43 bits per heavy atom. The van der Waals surface area contributed by atoms with Crippen LogP contribution in [-0.2, 0) is 9.47 Å². The van der Waals surface area contributed by atoms with Gasteiger partial charge in [0.1, 0.15) is 0 Å². The summed E-state index contributed by atoms with van der Waals surface area (Å²) >= 11 is 0. The first-order valence-corrected chi connectivity index (χ1v) is 5.58. The van der Waals surface area contributed by atoms with Crippen molar-refractivity contribution < 1.29 is 9.47 Å². The molecule has 0 bridgehead atoms. The van der Waals surface area contributed by atoms with Crippen LogP contribution < -0.4 is 5.73 Å². The molecule has 14 heavy (non-hydrogen) atoms. The van der Waals surface area contributed by atoms with Crippen LogP contribution in [0.25, 0.3) is 0 Å². The van der Waals surface area contributed by atoms with Crippen molar-refractivity contribution in [3.05, 3.63) is 0 Å². The predicted octanol–water partition coefficient (Wildman–Crippen LogP) is 1.56. The predicted molar refractivity (Wildman–Crippen MR) is 57.2 cm³/mol. The van der Waals surface area contributed by atoms with Gasteiger partial charge in [0.2, 0.25) is 0 Å². The zero-order chi connectivity index (χ0) is 10.4. The van der Waals surface area contributed by atoms with Gasteiger partial charge in [-0.15, -0.1) is 0 Å². The SMILES string of the molecule is COCC(N)COC1CCC(C)CC1. The highest BCUT2D eigenvalue weighted by Crippen LogP contribution is 2.25. The fourth-order valence-electron chi connectivity index (χ4n) is 1.92. The highest BCUT2D eigenvalue weighted by molar-refractivity contribution is 4.71. The van der Waals surface area contributed by atoms with Gasteiger partial charge in [-0.2, -0.15) is 0 Å². The minimum Gasteiger partial charge on any atom is -0.383 e. The number of nitrogens with two attached hydrogens (primary N) is 1. The summed E-state index contributed by atoms with van der Waals surface area (Å²) in [6.45, 7) is 3.53. The van der Waals surface area contributed by atoms with Crippen molar-refractivity contribution in [2.75, 3.05) is 20.3 Å². The Bertz CT molecular complexity index is 144. The van der Waals surface area contributed by atoms with Crippen molar-refractivity contribution in [2.45, 2.75) is 44.8 Å². The molecule has 1 saturated carbocycles. The molecule has 1 unspecified atom stereocenters. The maximum Gasteiger partial charge on any atom is 0.0643 e. The molecular weight excluding hydrogens is 178 g/mol. The Labute approximate surface area is 86.9 Å². The quantitative estimate of drug-likeness (QED) is 0.734. The average molecular weight is 201 g/mol. The van der Waals surface area contributed by atoms with Crippen LogP contribution in [0.5, 0.6) is 0 Å². The third-order valence-corrected chi connectivity index (χ3v) is 2.89. The van der Waals surface area contributed by atoms with E-state index in [0.29, 0.717) is 19.3 Å². The first-order chi connectivity index (χ1) is 6.72. The third kappa shape index (κ3) is 4.40. The van der Waals surface area contributed by atoms with Crippen LogP contribution in [-0.4, -0.2) is 32.5 Å². The topological polar surface area (TPSA) is 44.5 Å². The van der Waals surface area contributed by atoms with E-state index in [1.54, 1.807) is 7.11 Å². The van der Waals surface area contributed by atoms with Crippen LogP contribution >= 0.6 is 0 Å². The Hall–Kier alpha value is -0.120. The van der Waals surface area contributed by atoms with Gasteiger partial charge in [-0.3, -0.25) is 0 Å². The lowest BCUT2D eigenvalue weighted by molar-refractivity contribution is 0.00280. The number of hydrogen-bond donors (Lipinski definition) is 1. The summed E-state index contributed by atoms with van der Waals surface area (Å²) in [6.07, 6.45) is 5.42. The van der Waals surface area contributed by atoms with E-state index in [2.05, 4.69) is 6.92 Å². The number of ether oxygens (including phenoxy) is 2. The molecule has 2 N–H and O–H groups in total. The number of methoxy groups -OCH3 is 1. The molecular formula is C11H23NO2. The summed E-state index contributed by atoms with van der Waals surface area (Å²) in [7, 11) is 1.67. The molecule has 0 saturated heterocycles. The molecule has 0 spiro atoms. The van der Waals surface area contributed by atoms with Crippen molar-refractivity contribution in [1.82, 2.24) is 0 Å². The fourth-order valence-corrected chi connectivity index (χ4v) is 1.92. The zero-order valence-electron chi connectivity index (χ0n) is 9.37. The summed E-state index contributed by atoms with van der Waals surface area (Å²) in [5, 5.41) is 0. The number of rotatable bonds is 5. The molecule has 3 nitrogen and oxygen atoms in total. The first kappa shape index (κ1) is 12.0. The highest BCUT2D eigenvalue weighted by atomic mass is 16.5. The van der Waals surface area contributed by atoms with Gasteiger partial charge in [0, 0.05) is 7.11 Å². The van der Waals surface area contributed by atoms with Gasteiger partial charge >= 0.3 is 0 Å². The van der Waals surface area contributed by atoms with Gasteiger partial charge in [-0.05, 0) is 31.6 Å². The lowest BCUT2D eigenvalue weighted by Crippen LogP contribution is -2.34. The van der Waals surface area contributed by atoms with Gasteiger partial charge in [0.15, 0.2) is 0 Å². The van der Waals surface area contributed by atoms with E-state index in [1.165, 1.54) is 25.7 Å². The Morgan fingerprint density at radius 2 is 1.86 bits per heavy atom. The van der Waals surface area contributed by atoms with Gasteiger partial charge in [-0.25, -0.2) is 0 Å². The number of hydrogen-bond acceptors (Lipinski definition) is 3. The maximum absolute atomic E-state index is 5.78. The van der Waals surface area contributed by atoms with Crippen LogP contribution in [0.2, 0.25) is 0 Å². The van der Waals surface area contributed by atoms with E-state index in [-0.39, 0.29) is 6.04 Å². The second-order valence-electron chi connectivity index (χ2n) is 4.43. The second kappa shape index (κ2) is 6.38. The summed E-state index contributed by atoms with van der Waals surface area (Å²) in [5.74, 6) is 0.877. The van der Waals surface area contributed by atoms with E-state index in [0.717, 1.165) is 5.92 Å². The lowest BCUT2D eigenvalue weighted by Gasteiger charge is -2.27. The first-order valence-electron chi connectivity index (χ1n) is 5.58. The van der Waals surface area contributed by atoms with Crippen molar-refractivity contribution in [2.24, 2.45) is 11.7 Å². The standard InChI is InChI=1S/C11H23NO2/c1-9-3-5-11(6-4-9)14-8-10(12)7-13-2/h9-11H,3-8,12H2,1-2H3. The van der Waals surface area contributed by atoms with E-state index in [4.69, 9.17) is 15.2 Å². The average Bonchev–Trinajstić information content (AvgIpc) is 2.17. The molecule has 0 aromatic carbocycles. The Morgan fingerprint density at radius 1 is 1.21 bits per heavy atom. The molecule has 1 aliphatic rings. The highest BCUT2D eigenvalue weighted by Gasteiger charge is 2.19. The minimum absolute atomic E-state index is 0.0272. The molecule has 0 radical (unpaired) electrons. The van der Waals surface area contributed by atoms with E-state index >= 15 is 0 Å². The van der Waals surface area contributed by atoms with E-state index < -0.39 is 0 Å². The van der Waals surface area contributed by atoms with Crippen LogP contribution in [0.3, 0.4) is 0 Å². The van der Waals surface area contributed by atoms with E-state index in [1.807, 2.05) is 0 Å². The summed E-state index contributed by atoms with van der Waals surface area (Å²) in [5.41, 5.74) is 5.78. The van der Waals surface area contributed by atoms with Crippen LogP contribution in [0.15, 0.2) is 0 Å². The fraction of sp³-hybridized carbons (Fsp3) is 1.00. The Kier molecular flexibility index (Phi) is 5.45. The summed E-state index contributed by atoms with van der Waals surface area (Å²) in [6, 6.07) is 0.0272. The molecule has 1 fully saturated rings. The summed E-state index contributed by atoms with van der Waals surface area (Å²) < 4.78 is 10.7. The van der Waals surface area contributed by atoms with Crippen LogP contribution in [0.4, 0.5) is 0 Å². The molecule has 1 aliphatic carbocycles. The molecule has 1 atom stereocenters. The molecule has 1 rings (SSSR count). The summed E-state index contributed by atoms with van der Waals surface area (Å²) in [4.78, 5) is 0. The van der Waals surface area contributed by atoms with Crippen molar-refractivity contribution >= 4 is 0 Å². The van der Waals surface area contributed by atoms with Gasteiger partial charge < -0.3 is 15.2 Å². The maximum atomic E-state index is 5.78. The van der Waals surface area contributed by atoms with Crippen molar-refractivity contribution in [3.8, 4) is 0 Å². The van der Waals surface area contributed by atoms with Gasteiger partial charge in [0.25, 0.3) is 0 Å². The van der Waals surface area contributed by atoms with E-state index in [9.17, 15) is 0 Å². The Balaban J connectivity index is 2.06. The van der Waals surface area contributed by atoms with Crippen LogP contribution in [0.1, 0.15) is 32.6 Å². The minimum atomic E-state index is 0.0272. The largest absolute Gasteiger partial charge is 0.383 e. The lowest BCUT2D eigenvalue weighted by atomic mass is 9.89. The zero-order valence-corrected chi connectivity index (χ0v) is 9.37. The molecule has 0 aromatic heterocycles. The van der Waals surface area contributed by atoms with Gasteiger partial charge in [-0.1, -0.05) is 6.92 Å². The monoisotopic (exact) mass is 201 g/mol. The molecule has 3 heteroatoms. The third-order valence-electron chi connectivity index (χ3n) is 2.89. The molecule has 0 aliphatic heterocycles. The van der Waals surface area contributed by atoms with Gasteiger partial charge in [0.05, 0.1) is 25.4 Å². The van der Waals surface area contributed by atoms with Crippen LogP contribution in [0, 0.1) is 5.92 Å². The van der Waals surface area contributed by atoms with Crippen molar-refractivity contribution in [1.29, 1.82) is 0 Å². The smallest absolute Gasteiger partial charge is 0.0643 e. The molecule has 0 aromatic rings. The second-order valence-corrected chi connectivity index (χ2v) is 4.43. The van der Waals surface area contributed by atoms with Crippen molar-refractivity contribution in [3.63, 3.8) is 0 Å². The molecule has 84 valence electrons. The molecule has 0 heterocycles. The molecule has 0 amide bonds.